The van der Waals surface area contributed by atoms with Gasteiger partial charge in [-0.15, -0.1) is 0 Å². The highest BCUT2D eigenvalue weighted by molar-refractivity contribution is 6.31. The quantitative estimate of drug-likeness (QED) is 0.737. The summed E-state index contributed by atoms with van der Waals surface area (Å²) in [5.41, 5.74) is 1.83. The van der Waals surface area contributed by atoms with E-state index in [1.807, 2.05) is 6.07 Å². The van der Waals surface area contributed by atoms with Crippen molar-refractivity contribution in [3.05, 3.63) is 40.9 Å². The van der Waals surface area contributed by atoms with Gasteiger partial charge in [-0.2, -0.15) is 10.4 Å². The summed E-state index contributed by atoms with van der Waals surface area (Å²) in [5.74, 6) is 0. The Kier molecular flexibility index (Phi) is 2.40. The van der Waals surface area contributed by atoms with Crippen molar-refractivity contribution in [2.24, 2.45) is 0 Å². The Balaban J connectivity index is 2.62. The molecule has 0 atom stereocenters. The molecule has 15 heavy (non-hydrogen) atoms. The molecule has 0 aliphatic heterocycles. The molecule has 2 aromatic rings. The summed E-state index contributed by atoms with van der Waals surface area (Å²) in [4.78, 5) is 3.90. The molecule has 0 saturated heterocycles. The Morgan fingerprint density at radius 2 is 2.07 bits per heavy atom. The lowest BCUT2D eigenvalue weighted by atomic mass is 10.3. The second kappa shape index (κ2) is 3.71. The first-order valence-corrected chi connectivity index (χ1v) is 4.67. The van der Waals surface area contributed by atoms with Crippen LogP contribution in [0.4, 0.5) is 0 Å². The molecule has 2 heterocycles. The van der Waals surface area contributed by atoms with Gasteiger partial charge in [-0.25, -0.2) is 4.68 Å². The van der Waals surface area contributed by atoms with Crippen LogP contribution in [-0.4, -0.2) is 14.8 Å². The Morgan fingerprint density at radius 1 is 1.40 bits per heavy atom. The fourth-order valence-corrected chi connectivity index (χ4v) is 1.60. The molecular formula is C10H7ClN4. The van der Waals surface area contributed by atoms with Gasteiger partial charge < -0.3 is 0 Å². The van der Waals surface area contributed by atoms with E-state index < -0.39 is 0 Å². The van der Waals surface area contributed by atoms with Crippen molar-refractivity contribution < 1.29 is 0 Å². The molecule has 0 N–H and O–H groups in total. The summed E-state index contributed by atoms with van der Waals surface area (Å²) in [6.07, 6.45) is 3.30. The minimum absolute atomic E-state index is 0.334. The zero-order chi connectivity index (χ0) is 10.8. The SMILES string of the molecule is Cc1nn(-c2ccncc2)c(Cl)c1C#N. The van der Waals surface area contributed by atoms with Crippen molar-refractivity contribution in [2.75, 3.05) is 0 Å². The third-order valence-electron chi connectivity index (χ3n) is 2.02. The lowest BCUT2D eigenvalue weighted by Gasteiger charge is -2.00. The largest absolute Gasteiger partial charge is 0.265 e. The van der Waals surface area contributed by atoms with Crippen LogP contribution in [-0.2, 0) is 0 Å². The molecule has 0 radical (unpaired) electrons. The predicted molar refractivity (Wildman–Crippen MR) is 55.8 cm³/mol. The van der Waals surface area contributed by atoms with Crippen LogP contribution in [0.25, 0.3) is 5.69 Å². The normalized spacial score (nSPS) is 9.93. The summed E-state index contributed by atoms with van der Waals surface area (Å²) in [5, 5.41) is 13.4. The monoisotopic (exact) mass is 218 g/mol. The highest BCUT2D eigenvalue weighted by atomic mass is 35.5. The lowest BCUT2D eigenvalue weighted by molar-refractivity contribution is 0.861. The van der Waals surface area contributed by atoms with Gasteiger partial charge in [-0.1, -0.05) is 11.6 Å². The van der Waals surface area contributed by atoms with E-state index in [2.05, 4.69) is 10.1 Å². The Morgan fingerprint density at radius 3 is 2.60 bits per heavy atom. The highest BCUT2D eigenvalue weighted by Gasteiger charge is 2.13. The molecule has 0 unspecified atom stereocenters. The molecule has 0 aromatic carbocycles. The van der Waals surface area contributed by atoms with Crippen LogP contribution in [0.1, 0.15) is 11.3 Å². The van der Waals surface area contributed by atoms with Gasteiger partial charge in [-0.3, -0.25) is 4.98 Å². The van der Waals surface area contributed by atoms with E-state index >= 15 is 0 Å². The van der Waals surface area contributed by atoms with Gasteiger partial charge in [0.05, 0.1) is 11.4 Å². The first-order valence-electron chi connectivity index (χ1n) is 4.29. The van der Waals surface area contributed by atoms with Gasteiger partial charge in [-0.05, 0) is 19.1 Å². The van der Waals surface area contributed by atoms with E-state index in [4.69, 9.17) is 16.9 Å². The zero-order valence-electron chi connectivity index (χ0n) is 7.98. The van der Waals surface area contributed by atoms with Crippen LogP contribution in [0.3, 0.4) is 0 Å². The third-order valence-corrected chi connectivity index (χ3v) is 2.37. The second-order valence-corrected chi connectivity index (χ2v) is 3.34. The standard InChI is InChI=1S/C10H7ClN4/c1-7-9(6-12)10(11)15(14-7)8-2-4-13-5-3-8/h2-5H,1H3. The minimum Gasteiger partial charge on any atom is -0.265 e. The summed E-state index contributed by atoms with van der Waals surface area (Å²) in [6, 6.07) is 5.58. The average Bonchev–Trinajstić information content (AvgIpc) is 2.55. The number of hydrogen-bond donors (Lipinski definition) is 0. The summed E-state index contributed by atoms with van der Waals surface area (Å²) < 4.78 is 1.52. The molecule has 0 fully saturated rings. The van der Waals surface area contributed by atoms with Crippen molar-refractivity contribution in [1.82, 2.24) is 14.8 Å². The van der Waals surface area contributed by atoms with E-state index in [0.29, 0.717) is 16.4 Å². The van der Waals surface area contributed by atoms with Gasteiger partial charge >= 0.3 is 0 Å². The molecule has 0 bridgehead atoms. The first kappa shape index (κ1) is 9.69. The molecule has 0 aliphatic rings. The average molecular weight is 219 g/mol. The van der Waals surface area contributed by atoms with Gasteiger partial charge in [0.1, 0.15) is 11.6 Å². The molecule has 2 rings (SSSR count). The lowest BCUT2D eigenvalue weighted by Crippen LogP contribution is -1.96. The number of pyridine rings is 1. The van der Waals surface area contributed by atoms with E-state index in [1.165, 1.54) is 4.68 Å². The number of hydrogen-bond acceptors (Lipinski definition) is 3. The molecule has 0 saturated carbocycles. The number of rotatable bonds is 1. The molecular weight excluding hydrogens is 212 g/mol. The molecule has 0 spiro atoms. The first-order chi connectivity index (χ1) is 7.24. The molecule has 74 valence electrons. The fourth-order valence-electron chi connectivity index (χ4n) is 1.28. The molecule has 2 aromatic heterocycles. The zero-order valence-corrected chi connectivity index (χ0v) is 8.73. The third kappa shape index (κ3) is 1.58. The van der Waals surface area contributed by atoms with Crippen LogP contribution in [0.2, 0.25) is 5.15 Å². The van der Waals surface area contributed by atoms with Crippen LogP contribution in [0.5, 0.6) is 0 Å². The maximum Gasteiger partial charge on any atom is 0.150 e. The summed E-state index contributed by atoms with van der Waals surface area (Å²) >= 11 is 6.02. The van der Waals surface area contributed by atoms with E-state index in [0.717, 1.165) is 5.69 Å². The van der Waals surface area contributed by atoms with Crippen LogP contribution >= 0.6 is 11.6 Å². The van der Waals surface area contributed by atoms with Crippen molar-refractivity contribution in [1.29, 1.82) is 5.26 Å². The smallest absolute Gasteiger partial charge is 0.150 e. The molecule has 0 aliphatic carbocycles. The van der Waals surface area contributed by atoms with Crippen LogP contribution < -0.4 is 0 Å². The van der Waals surface area contributed by atoms with Gasteiger partial charge in [0.25, 0.3) is 0 Å². The second-order valence-electron chi connectivity index (χ2n) is 2.98. The van der Waals surface area contributed by atoms with Crippen molar-refractivity contribution in [2.45, 2.75) is 6.92 Å². The summed E-state index contributed by atoms with van der Waals surface area (Å²) in [6.45, 7) is 1.75. The number of aryl methyl sites for hydroxylation is 1. The maximum atomic E-state index is 8.86. The van der Waals surface area contributed by atoms with E-state index in [-0.39, 0.29) is 0 Å². The highest BCUT2D eigenvalue weighted by Crippen LogP contribution is 2.21. The van der Waals surface area contributed by atoms with E-state index in [1.54, 1.807) is 31.5 Å². The van der Waals surface area contributed by atoms with Crippen LogP contribution in [0.15, 0.2) is 24.5 Å². The van der Waals surface area contributed by atoms with Crippen LogP contribution in [0, 0.1) is 18.3 Å². The number of aromatic nitrogens is 3. The topological polar surface area (TPSA) is 54.5 Å². The van der Waals surface area contributed by atoms with Gasteiger partial charge in [0.2, 0.25) is 0 Å². The Labute approximate surface area is 91.7 Å². The number of nitriles is 1. The maximum absolute atomic E-state index is 8.86. The van der Waals surface area contributed by atoms with Gasteiger partial charge in [0, 0.05) is 12.4 Å². The van der Waals surface area contributed by atoms with E-state index in [9.17, 15) is 0 Å². The van der Waals surface area contributed by atoms with Crippen molar-refractivity contribution >= 4 is 11.6 Å². The molecule has 5 heteroatoms. The molecule has 4 nitrogen and oxygen atoms in total. The number of nitrogens with zero attached hydrogens (tertiary/aromatic N) is 4. The summed E-state index contributed by atoms with van der Waals surface area (Å²) in [7, 11) is 0. The van der Waals surface area contributed by atoms with Crippen molar-refractivity contribution in [3.8, 4) is 11.8 Å². The van der Waals surface area contributed by atoms with Gasteiger partial charge in [0.15, 0.2) is 5.15 Å². The molecule has 0 amide bonds. The predicted octanol–water partition coefficient (Wildman–Crippen LogP) is 2.10. The minimum atomic E-state index is 0.334. The van der Waals surface area contributed by atoms with Crippen molar-refractivity contribution in [3.63, 3.8) is 0 Å². The number of halogens is 1. The Hall–Kier alpha value is -1.86. The Bertz CT molecular complexity index is 524. The fraction of sp³-hybridized carbons (Fsp3) is 0.100.